The lowest BCUT2D eigenvalue weighted by atomic mass is 10.0. The van der Waals surface area contributed by atoms with Crippen LogP contribution in [-0.4, -0.2) is 43.5 Å². The molecule has 7 nitrogen and oxygen atoms in total. The van der Waals surface area contributed by atoms with Gasteiger partial charge in [0.25, 0.3) is 11.7 Å². The number of benzene rings is 1. The van der Waals surface area contributed by atoms with E-state index in [9.17, 15) is 4.79 Å². The topological polar surface area (TPSA) is 72.6 Å². The molecule has 0 saturated carbocycles. The van der Waals surface area contributed by atoms with Gasteiger partial charge in [0.15, 0.2) is 0 Å². The molecule has 0 bridgehead atoms. The number of likely N-dealkylation sites (tertiary alicyclic amines) is 1. The Morgan fingerprint density at radius 2 is 2.00 bits per heavy atom. The molecule has 1 atom stereocenters. The van der Waals surface area contributed by atoms with Crippen molar-refractivity contribution in [3.8, 4) is 5.75 Å². The van der Waals surface area contributed by atoms with E-state index in [-0.39, 0.29) is 17.8 Å². The van der Waals surface area contributed by atoms with Crippen LogP contribution in [0, 0.1) is 13.8 Å². The number of hydrogen-bond acceptors (Lipinski definition) is 5. The SMILES string of the molecule is CCOc1ccc([C@@H]2CCCN2C(=O)c2nc3nc(C)cc(C)n3n2)cc1. The van der Waals surface area contributed by atoms with Crippen LogP contribution in [0.15, 0.2) is 30.3 Å². The summed E-state index contributed by atoms with van der Waals surface area (Å²) in [6.45, 7) is 7.15. The third-order valence-corrected chi connectivity index (χ3v) is 4.90. The molecule has 3 aromatic rings. The summed E-state index contributed by atoms with van der Waals surface area (Å²) in [5.74, 6) is 1.37. The number of carbonyl (C=O) groups is 1. The van der Waals surface area contributed by atoms with Gasteiger partial charge in [-0.3, -0.25) is 4.79 Å². The molecule has 1 saturated heterocycles. The molecule has 0 unspecified atom stereocenters. The summed E-state index contributed by atoms with van der Waals surface area (Å²) in [6, 6.07) is 9.95. The Labute approximate surface area is 158 Å². The van der Waals surface area contributed by atoms with E-state index in [1.165, 1.54) is 0 Å². The number of amides is 1. The van der Waals surface area contributed by atoms with Gasteiger partial charge in [-0.1, -0.05) is 12.1 Å². The van der Waals surface area contributed by atoms with Crippen LogP contribution in [0.3, 0.4) is 0 Å². The molecule has 2 aromatic heterocycles. The average molecular weight is 365 g/mol. The predicted octanol–water partition coefficient (Wildman–Crippen LogP) is 3.12. The number of aromatic nitrogens is 4. The summed E-state index contributed by atoms with van der Waals surface area (Å²) >= 11 is 0. The smallest absolute Gasteiger partial charge is 0.294 e. The van der Waals surface area contributed by atoms with E-state index in [1.54, 1.807) is 4.52 Å². The highest BCUT2D eigenvalue weighted by Crippen LogP contribution is 2.33. The third-order valence-electron chi connectivity index (χ3n) is 4.90. The molecule has 1 fully saturated rings. The van der Waals surface area contributed by atoms with E-state index in [1.807, 2.05) is 56.0 Å². The van der Waals surface area contributed by atoms with Crippen molar-refractivity contribution in [1.82, 2.24) is 24.5 Å². The monoisotopic (exact) mass is 365 g/mol. The normalized spacial score (nSPS) is 16.9. The van der Waals surface area contributed by atoms with Crippen molar-refractivity contribution < 1.29 is 9.53 Å². The molecular formula is C20H23N5O2. The second-order valence-corrected chi connectivity index (χ2v) is 6.84. The van der Waals surface area contributed by atoms with Crippen molar-refractivity contribution in [3.05, 3.63) is 53.1 Å². The molecule has 1 aliphatic heterocycles. The van der Waals surface area contributed by atoms with Gasteiger partial charge in [-0.25, -0.2) is 9.50 Å². The summed E-state index contributed by atoms with van der Waals surface area (Å²) in [5.41, 5.74) is 2.88. The maximum absolute atomic E-state index is 13.1. The summed E-state index contributed by atoms with van der Waals surface area (Å²) < 4.78 is 7.14. The van der Waals surface area contributed by atoms with Gasteiger partial charge in [0.05, 0.1) is 12.6 Å². The van der Waals surface area contributed by atoms with Crippen LogP contribution < -0.4 is 4.74 Å². The van der Waals surface area contributed by atoms with E-state index in [0.717, 1.165) is 35.5 Å². The fourth-order valence-corrected chi connectivity index (χ4v) is 3.69. The molecule has 1 aromatic carbocycles. The highest BCUT2D eigenvalue weighted by atomic mass is 16.5. The van der Waals surface area contributed by atoms with Crippen LogP contribution in [0.1, 0.15) is 53.4 Å². The molecule has 7 heteroatoms. The quantitative estimate of drug-likeness (QED) is 0.710. The molecule has 3 heterocycles. The van der Waals surface area contributed by atoms with Crippen molar-refractivity contribution >= 4 is 11.7 Å². The molecule has 0 spiro atoms. The van der Waals surface area contributed by atoms with E-state index < -0.39 is 0 Å². The fraction of sp³-hybridized carbons (Fsp3) is 0.400. The van der Waals surface area contributed by atoms with E-state index in [0.29, 0.717) is 18.9 Å². The van der Waals surface area contributed by atoms with Crippen LogP contribution in [0.25, 0.3) is 5.78 Å². The van der Waals surface area contributed by atoms with Crippen molar-refractivity contribution in [1.29, 1.82) is 0 Å². The maximum Gasteiger partial charge on any atom is 0.294 e. The predicted molar refractivity (Wildman–Crippen MR) is 101 cm³/mol. The van der Waals surface area contributed by atoms with Crippen molar-refractivity contribution in [2.45, 2.75) is 39.7 Å². The summed E-state index contributed by atoms with van der Waals surface area (Å²) in [5, 5.41) is 4.40. The highest BCUT2D eigenvalue weighted by Gasteiger charge is 2.32. The van der Waals surface area contributed by atoms with Crippen molar-refractivity contribution in [2.24, 2.45) is 0 Å². The maximum atomic E-state index is 13.1. The zero-order valence-corrected chi connectivity index (χ0v) is 15.8. The Morgan fingerprint density at radius 1 is 1.22 bits per heavy atom. The van der Waals surface area contributed by atoms with Crippen LogP contribution in [0.5, 0.6) is 5.75 Å². The van der Waals surface area contributed by atoms with E-state index in [4.69, 9.17) is 4.74 Å². The number of aryl methyl sites for hydroxylation is 2. The lowest BCUT2D eigenvalue weighted by Crippen LogP contribution is -2.31. The number of rotatable bonds is 4. The number of fused-ring (bicyclic) bond motifs is 1. The largest absolute Gasteiger partial charge is 0.494 e. The Kier molecular flexibility index (Phi) is 4.51. The molecule has 1 amide bonds. The fourth-order valence-electron chi connectivity index (χ4n) is 3.69. The van der Waals surface area contributed by atoms with Crippen molar-refractivity contribution in [3.63, 3.8) is 0 Å². The zero-order chi connectivity index (χ0) is 19.0. The first-order chi connectivity index (χ1) is 13.1. The number of ether oxygens (including phenoxy) is 1. The first-order valence-corrected chi connectivity index (χ1v) is 9.31. The van der Waals surface area contributed by atoms with Gasteiger partial charge < -0.3 is 9.64 Å². The Bertz CT molecular complexity index is 980. The molecule has 0 N–H and O–H groups in total. The zero-order valence-electron chi connectivity index (χ0n) is 15.8. The van der Waals surface area contributed by atoms with Crippen molar-refractivity contribution in [2.75, 3.05) is 13.2 Å². The summed E-state index contributed by atoms with van der Waals surface area (Å²) in [6.07, 6.45) is 1.90. The standard InChI is InChI=1S/C20H23N5O2/c1-4-27-16-9-7-15(8-10-16)17-6-5-11-24(17)19(26)18-22-20-21-13(2)12-14(3)25(20)23-18/h7-10,12,17H,4-6,11H2,1-3H3/t17-/m0/s1. The van der Waals surface area contributed by atoms with Gasteiger partial charge in [0.1, 0.15) is 5.75 Å². The first kappa shape index (κ1) is 17.5. The molecular weight excluding hydrogens is 342 g/mol. The molecule has 140 valence electrons. The number of carbonyl (C=O) groups excluding carboxylic acids is 1. The number of nitrogens with zero attached hydrogens (tertiary/aromatic N) is 5. The van der Waals surface area contributed by atoms with Gasteiger partial charge in [0.2, 0.25) is 5.82 Å². The third kappa shape index (κ3) is 3.25. The van der Waals surface area contributed by atoms with Crippen LogP contribution in [-0.2, 0) is 0 Å². The van der Waals surface area contributed by atoms with Gasteiger partial charge in [0, 0.05) is 17.9 Å². The molecule has 4 rings (SSSR count). The first-order valence-electron chi connectivity index (χ1n) is 9.31. The molecule has 0 radical (unpaired) electrons. The minimum Gasteiger partial charge on any atom is -0.494 e. The summed E-state index contributed by atoms with van der Waals surface area (Å²) in [4.78, 5) is 23.7. The average Bonchev–Trinajstić information content (AvgIpc) is 3.29. The number of hydrogen-bond donors (Lipinski definition) is 0. The van der Waals surface area contributed by atoms with Gasteiger partial charge in [-0.15, -0.1) is 5.10 Å². The highest BCUT2D eigenvalue weighted by molar-refractivity contribution is 5.91. The van der Waals surface area contributed by atoms with E-state index >= 15 is 0 Å². The van der Waals surface area contributed by atoms with Gasteiger partial charge in [-0.05, 0) is 57.4 Å². The van der Waals surface area contributed by atoms with Crippen LogP contribution >= 0.6 is 0 Å². The second kappa shape index (κ2) is 6.98. The van der Waals surface area contributed by atoms with Gasteiger partial charge >= 0.3 is 0 Å². The van der Waals surface area contributed by atoms with Gasteiger partial charge in [-0.2, -0.15) is 4.98 Å². The lowest BCUT2D eigenvalue weighted by Gasteiger charge is -2.24. The minimum atomic E-state index is -0.145. The van der Waals surface area contributed by atoms with Crippen LogP contribution in [0.4, 0.5) is 0 Å². The Morgan fingerprint density at radius 3 is 2.74 bits per heavy atom. The molecule has 27 heavy (non-hydrogen) atoms. The Hall–Kier alpha value is -2.96. The minimum absolute atomic E-state index is 0.0376. The van der Waals surface area contributed by atoms with Crippen LogP contribution in [0.2, 0.25) is 0 Å². The lowest BCUT2D eigenvalue weighted by molar-refractivity contribution is 0.0723. The molecule has 0 aliphatic carbocycles. The molecule has 1 aliphatic rings. The second-order valence-electron chi connectivity index (χ2n) is 6.84. The summed E-state index contributed by atoms with van der Waals surface area (Å²) in [7, 11) is 0. The Balaban J connectivity index is 1.61. The van der Waals surface area contributed by atoms with E-state index in [2.05, 4.69) is 15.1 Å².